The van der Waals surface area contributed by atoms with E-state index in [1.165, 1.54) is 27.5 Å². The molecule has 0 saturated carbocycles. The van der Waals surface area contributed by atoms with Crippen LogP contribution in [0.2, 0.25) is 0 Å². The van der Waals surface area contributed by atoms with E-state index in [2.05, 4.69) is 79.1 Å². The topological polar surface area (TPSA) is 75.6 Å². The van der Waals surface area contributed by atoms with E-state index in [0.717, 1.165) is 44.5 Å². The Kier molecular flexibility index (Phi) is 8.78. The molecule has 4 N–H and O–H groups in total. The molecule has 0 bridgehead atoms. The van der Waals surface area contributed by atoms with Gasteiger partial charge in [-0.15, -0.1) is 0 Å². The van der Waals surface area contributed by atoms with Crippen LogP contribution in [-0.2, 0) is 17.6 Å². The van der Waals surface area contributed by atoms with Crippen molar-refractivity contribution in [2.45, 2.75) is 64.6 Å². The summed E-state index contributed by atoms with van der Waals surface area (Å²) >= 11 is 0. The van der Waals surface area contributed by atoms with Crippen molar-refractivity contribution in [1.29, 1.82) is 0 Å². The molecule has 0 aliphatic carbocycles. The highest BCUT2D eigenvalue weighted by atomic mass is 16.2. The molecular formula is C31H42N4O. The molecule has 1 heterocycles. The minimum absolute atomic E-state index is 0.0545. The van der Waals surface area contributed by atoms with Crippen LogP contribution in [-0.4, -0.2) is 60.0 Å². The van der Waals surface area contributed by atoms with Gasteiger partial charge in [0.05, 0.1) is 6.42 Å². The van der Waals surface area contributed by atoms with Crippen LogP contribution in [0.25, 0.3) is 10.8 Å². The zero-order valence-corrected chi connectivity index (χ0v) is 22.1. The van der Waals surface area contributed by atoms with Gasteiger partial charge in [-0.2, -0.15) is 0 Å². The van der Waals surface area contributed by atoms with Gasteiger partial charge in [0.2, 0.25) is 5.91 Å². The summed E-state index contributed by atoms with van der Waals surface area (Å²) in [5.41, 5.74) is 17.5. The van der Waals surface area contributed by atoms with Gasteiger partial charge in [0.15, 0.2) is 0 Å². The molecule has 0 spiro atoms. The fraction of sp³-hybridized carbons (Fsp3) is 0.452. The van der Waals surface area contributed by atoms with Gasteiger partial charge < -0.3 is 16.4 Å². The molecule has 0 aromatic heterocycles. The van der Waals surface area contributed by atoms with Crippen LogP contribution >= 0.6 is 0 Å². The molecule has 36 heavy (non-hydrogen) atoms. The number of aryl methyl sites for hydroxylation is 2. The Balaban J connectivity index is 1.41. The van der Waals surface area contributed by atoms with Crippen LogP contribution < -0.4 is 11.5 Å². The van der Waals surface area contributed by atoms with Gasteiger partial charge in [-0.3, -0.25) is 9.69 Å². The number of carbonyl (C=O) groups is 1. The summed E-state index contributed by atoms with van der Waals surface area (Å²) in [7, 11) is 0. The largest absolute Gasteiger partial charge is 0.337 e. The Morgan fingerprint density at radius 3 is 2.56 bits per heavy atom. The molecule has 0 unspecified atom stereocenters. The van der Waals surface area contributed by atoms with Crippen LogP contribution in [0.5, 0.6) is 0 Å². The van der Waals surface area contributed by atoms with Gasteiger partial charge in [-0.1, -0.05) is 66.2 Å². The summed E-state index contributed by atoms with van der Waals surface area (Å²) in [6, 6.07) is 21.7. The predicted molar refractivity (Wildman–Crippen MR) is 150 cm³/mol. The Morgan fingerprint density at radius 2 is 1.81 bits per heavy atom. The van der Waals surface area contributed by atoms with Crippen molar-refractivity contribution >= 4 is 16.7 Å². The summed E-state index contributed by atoms with van der Waals surface area (Å²) in [5.74, 6) is 0.203. The lowest BCUT2D eigenvalue weighted by molar-refractivity contribution is -0.136. The number of nitrogens with two attached hydrogens (primary N) is 2. The van der Waals surface area contributed by atoms with Crippen molar-refractivity contribution in [3.8, 4) is 0 Å². The monoisotopic (exact) mass is 486 g/mol. The molecule has 1 fully saturated rings. The maximum absolute atomic E-state index is 13.4. The Labute approximate surface area is 216 Å². The minimum atomic E-state index is 0.0545. The Morgan fingerprint density at radius 1 is 1.03 bits per heavy atom. The summed E-state index contributed by atoms with van der Waals surface area (Å²) in [6.45, 7) is 9.55. The average molecular weight is 487 g/mol. The van der Waals surface area contributed by atoms with Gasteiger partial charge in [-0.05, 0) is 74.0 Å². The van der Waals surface area contributed by atoms with Crippen LogP contribution in [0.15, 0.2) is 60.7 Å². The van der Waals surface area contributed by atoms with E-state index in [4.69, 9.17) is 11.5 Å². The van der Waals surface area contributed by atoms with E-state index in [0.29, 0.717) is 13.0 Å². The van der Waals surface area contributed by atoms with Crippen molar-refractivity contribution < 1.29 is 4.79 Å². The van der Waals surface area contributed by atoms with Crippen molar-refractivity contribution in [3.63, 3.8) is 0 Å². The molecule has 192 valence electrons. The highest BCUT2D eigenvalue weighted by Crippen LogP contribution is 2.22. The third kappa shape index (κ3) is 6.52. The second-order valence-corrected chi connectivity index (χ2v) is 10.7. The molecule has 3 aromatic rings. The van der Waals surface area contributed by atoms with E-state index >= 15 is 0 Å². The zero-order valence-electron chi connectivity index (χ0n) is 22.1. The number of hydrogen-bond acceptors (Lipinski definition) is 4. The lowest BCUT2D eigenvalue weighted by Gasteiger charge is -2.46. The molecule has 0 radical (unpaired) electrons. The van der Waals surface area contributed by atoms with Crippen LogP contribution in [0.4, 0.5) is 0 Å². The third-order valence-electron chi connectivity index (χ3n) is 7.63. The standard InChI is InChI=1S/C31H42N4O/c1-22-10-12-27(23(2)15-22)18-29(33)20-34-19-24(3)35(21-30(34)9-6-14-32)31(36)17-25-11-13-26-7-4-5-8-28(26)16-25/h4-5,7-8,10-13,15-16,24,29-30H,6,9,14,17-21,32-33H2,1-3H3/t24-,29-,30+/m1/s1. The normalized spacial score (nSPS) is 19.5. The fourth-order valence-corrected chi connectivity index (χ4v) is 5.66. The van der Waals surface area contributed by atoms with E-state index < -0.39 is 0 Å². The first-order valence-electron chi connectivity index (χ1n) is 13.4. The molecule has 3 aromatic carbocycles. The number of carbonyl (C=O) groups excluding carboxylic acids is 1. The van der Waals surface area contributed by atoms with Crippen LogP contribution in [0.1, 0.15) is 42.0 Å². The SMILES string of the molecule is Cc1ccc(C[C@@H](N)CN2C[C@@H](C)N(C(=O)Cc3ccc4ccccc4c3)C[C@@H]2CCCN)c(C)c1. The number of hydrogen-bond donors (Lipinski definition) is 2. The highest BCUT2D eigenvalue weighted by molar-refractivity contribution is 5.85. The quantitative estimate of drug-likeness (QED) is 0.475. The first kappa shape index (κ1) is 26.3. The summed E-state index contributed by atoms with van der Waals surface area (Å²) in [4.78, 5) is 18.0. The molecule has 1 amide bonds. The molecule has 3 atom stereocenters. The van der Waals surface area contributed by atoms with Gasteiger partial charge in [-0.25, -0.2) is 0 Å². The van der Waals surface area contributed by atoms with E-state index in [-0.39, 0.29) is 24.0 Å². The van der Waals surface area contributed by atoms with Crippen molar-refractivity contribution in [1.82, 2.24) is 9.80 Å². The Bertz CT molecular complexity index is 1180. The summed E-state index contributed by atoms with van der Waals surface area (Å²) in [5, 5.41) is 2.38. The molecular weight excluding hydrogens is 444 g/mol. The second kappa shape index (κ2) is 12.0. The third-order valence-corrected chi connectivity index (χ3v) is 7.63. The van der Waals surface area contributed by atoms with Gasteiger partial charge in [0.1, 0.15) is 0 Å². The van der Waals surface area contributed by atoms with E-state index in [9.17, 15) is 4.79 Å². The number of amides is 1. The van der Waals surface area contributed by atoms with Crippen LogP contribution in [0.3, 0.4) is 0 Å². The zero-order chi connectivity index (χ0) is 25.7. The minimum Gasteiger partial charge on any atom is -0.337 e. The number of piperazine rings is 1. The maximum Gasteiger partial charge on any atom is 0.227 e. The van der Waals surface area contributed by atoms with Crippen LogP contribution in [0, 0.1) is 13.8 Å². The average Bonchev–Trinajstić information content (AvgIpc) is 2.85. The molecule has 5 nitrogen and oxygen atoms in total. The second-order valence-electron chi connectivity index (χ2n) is 10.7. The first-order valence-corrected chi connectivity index (χ1v) is 13.4. The molecule has 1 aliphatic heterocycles. The lowest BCUT2D eigenvalue weighted by atomic mass is 9.97. The molecule has 1 saturated heterocycles. The van der Waals surface area contributed by atoms with Gasteiger partial charge in [0, 0.05) is 37.8 Å². The fourth-order valence-electron chi connectivity index (χ4n) is 5.66. The maximum atomic E-state index is 13.4. The number of fused-ring (bicyclic) bond motifs is 1. The van der Waals surface area contributed by atoms with Crippen molar-refractivity contribution in [2.75, 3.05) is 26.2 Å². The predicted octanol–water partition coefficient (Wildman–Crippen LogP) is 4.21. The molecule has 4 rings (SSSR count). The Hall–Kier alpha value is -2.73. The first-order chi connectivity index (χ1) is 17.3. The summed E-state index contributed by atoms with van der Waals surface area (Å²) in [6.07, 6.45) is 3.24. The number of benzene rings is 3. The smallest absolute Gasteiger partial charge is 0.227 e. The van der Waals surface area contributed by atoms with E-state index in [1.54, 1.807) is 0 Å². The van der Waals surface area contributed by atoms with Gasteiger partial charge >= 0.3 is 0 Å². The van der Waals surface area contributed by atoms with E-state index in [1.807, 2.05) is 12.1 Å². The number of rotatable bonds is 9. The van der Waals surface area contributed by atoms with Crippen molar-refractivity contribution in [2.24, 2.45) is 11.5 Å². The highest BCUT2D eigenvalue weighted by Gasteiger charge is 2.34. The molecule has 5 heteroatoms. The number of nitrogens with zero attached hydrogens (tertiary/aromatic N) is 2. The van der Waals surface area contributed by atoms with Crippen molar-refractivity contribution in [3.05, 3.63) is 82.9 Å². The van der Waals surface area contributed by atoms with Gasteiger partial charge in [0.25, 0.3) is 0 Å². The lowest BCUT2D eigenvalue weighted by Crippen LogP contribution is -2.61. The summed E-state index contributed by atoms with van der Waals surface area (Å²) < 4.78 is 0. The molecule has 1 aliphatic rings.